The number of rotatable bonds is 5. The van der Waals surface area contributed by atoms with Crippen molar-refractivity contribution in [3.05, 3.63) is 52.6 Å². The molecule has 0 aliphatic rings. The lowest BCUT2D eigenvalue weighted by Crippen LogP contribution is -2.11. The zero-order valence-corrected chi connectivity index (χ0v) is 10.6. The number of alkyl halides is 2. The summed E-state index contributed by atoms with van der Waals surface area (Å²) in [5.41, 5.74) is -0.152. The molecule has 2 rings (SSSR count). The van der Waals surface area contributed by atoms with E-state index >= 15 is 0 Å². The fourth-order valence-corrected chi connectivity index (χ4v) is 1.86. The average Bonchev–Trinajstić information content (AvgIpc) is 2.44. The van der Waals surface area contributed by atoms with Gasteiger partial charge in [0.05, 0.1) is 23.2 Å². The summed E-state index contributed by atoms with van der Waals surface area (Å²) in [6, 6.07) is 5.27. The minimum Gasteiger partial charge on any atom is -0.374 e. The van der Waals surface area contributed by atoms with Gasteiger partial charge in [-0.25, -0.2) is 13.2 Å². The molecule has 2 aromatic rings. The number of hydrogen-bond donors (Lipinski definition) is 1. The van der Waals surface area contributed by atoms with Crippen LogP contribution in [0.3, 0.4) is 0 Å². The highest BCUT2D eigenvalue weighted by Crippen LogP contribution is 2.36. The fourth-order valence-electron chi connectivity index (χ4n) is 1.86. The first-order valence-electron chi connectivity index (χ1n) is 5.89. The molecule has 0 amide bonds. The summed E-state index contributed by atoms with van der Waals surface area (Å²) in [7, 11) is 0. The molecule has 0 saturated heterocycles. The first kappa shape index (κ1) is 14.8. The van der Waals surface area contributed by atoms with Crippen molar-refractivity contribution < 1.29 is 18.1 Å². The maximum Gasteiger partial charge on any atom is 0.300 e. The minimum absolute atomic E-state index is 0.0536. The Morgan fingerprint density at radius 3 is 2.71 bits per heavy atom. The summed E-state index contributed by atoms with van der Waals surface area (Å²) >= 11 is 0. The summed E-state index contributed by atoms with van der Waals surface area (Å²) in [6.07, 6.45) is -0.416. The molecule has 0 fully saturated rings. The number of nitro groups is 1. The van der Waals surface area contributed by atoms with E-state index < -0.39 is 29.4 Å². The van der Waals surface area contributed by atoms with Crippen LogP contribution in [0.1, 0.15) is 0 Å². The molecule has 0 aliphatic carbocycles. The van der Waals surface area contributed by atoms with Gasteiger partial charge >= 0.3 is 0 Å². The second-order valence-corrected chi connectivity index (χ2v) is 4.12. The molecule has 1 aromatic carbocycles. The van der Waals surface area contributed by atoms with Gasteiger partial charge in [-0.15, -0.1) is 0 Å². The van der Waals surface area contributed by atoms with Crippen molar-refractivity contribution in [2.45, 2.75) is 6.43 Å². The van der Waals surface area contributed by atoms with E-state index in [2.05, 4.69) is 10.3 Å². The Morgan fingerprint density at radius 1 is 1.33 bits per heavy atom. The zero-order chi connectivity index (χ0) is 15.4. The normalized spacial score (nSPS) is 10.7. The molecule has 1 aromatic heterocycles. The molecular formula is C13H10F3N3O2. The van der Waals surface area contributed by atoms with Crippen LogP contribution in [0, 0.1) is 15.9 Å². The van der Waals surface area contributed by atoms with Crippen LogP contribution in [0.4, 0.5) is 24.5 Å². The molecule has 5 nitrogen and oxygen atoms in total. The van der Waals surface area contributed by atoms with Crippen molar-refractivity contribution in [1.82, 2.24) is 4.98 Å². The molecule has 0 saturated carbocycles. The molecule has 8 heteroatoms. The summed E-state index contributed by atoms with van der Waals surface area (Å²) < 4.78 is 37.7. The van der Waals surface area contributed by atoms with Crippen LogP contribution in [0.25, 0.3) is 11.1 Å². The van der Waals surface area contributed by atoms with Gasteiger partial charge in [-0.05, 0) is 18.2 Å². The Balaban J connectivity index is 2.51. The number of para-hydroxylation sites is 1. The molecule has 0 spiro atoms. The molecular weight excluding hydrogens is 287 g/mol. The molecule has 0 unspecified atom stereocenters. The number of nitro benzene ring substituents is 1. The number of aromatic nitrogens is 1. The number of hydrogen-bond acceptors (Lipinski definition) is 4. The van der Waals surface area contributed by atoms with Crippen molar-refractivity contribution in [2.75, 3.05) is 11.9 Å². The highest BCUT2D eigenvalue weighted by Gasteiger charge is 2.21. The number of anilines is 1. The van der Waals surface area contributed by atoms with Gasteiger partial charge in [0.2, 0.25) is 0 Å². The number of pyridine rings is 1. The molecule has 0 atom stereocenters. The van der Waals surface area contributed by atoms with Gasteiger partial charge in [0.25, 0.3) is 12.1 Å². The standard InChI is InChI=1S/C13H10F3N3O2/c14-9-4-8(5-17-6-9)10-2-1-3-11(13(10)19(20)21)18-7-12(15)16/h1-6,12,18H,7H2. The zero-order valence-electron chi connectivity index (χ0n) is 10.6. The van der Waals surface area contributed by atoms with Crippen molar-refractivity contribution in [1.29, 1.82) is 0 Å². The average molecular weight is 297 g/mol. The third kappa shape index (κ3) is 3.47. The van der Waals surface area contributed by atoms with Gasteiger partial charge in [-0.3, -0.25) is 15.1 Å². The predicted molar refractivity (Wildman–Crippen MR) is 70.8 cm³/mol. The SMILES string of the molecule is O=[N+]([O-])c1c(NCC(F)F)cccc1-c1cncc(F)c1. The van der Waals surface area contributed by atoms with Gasteiger partial charge in [-0.1, -0.05) is 6.07 Å². The Kier molecular flexibility index (Phi) is 4.36. The number of benzene rings is 1. The van der Waals surface area contributed by atoms with Crippen molar-refractivity contribution in [3.8, 4) is 11.1 Å². The molecule has 110 valence electrons. The van der Waals surface area contributed by atoms with E-state index in [-0.39, 0.29) is 16.8 Å². The molecule has 1 N–H and O–H groups in total. The third-order valence-electron chi connectivity index (χ3n) is 2.68. The largest absolute Gasteiger partial charge is 0.374 e. The maximum absolute atomic E-state index is 13.2. The van der Waals surface area contributed by atoms with Crippen LogP contribution >= 0.6 is 0 Å². The molecule has 21 heavy (non-hydrogen) atoms. The van der Waals surface area contributed by atoms with Crippen LogP contribution in [0.5, 0.6) is 0 Å². The Bertz CT molecular complexity index is 665. The van der Waals surface area contributed by atoms with E-state index in [4.69, 9.17) is 0 Å². The van der Waals surface area contributed by atoms with Gasteiger partial charge in [0.1, 0.15) is 11.5 Å². The summed E-state index contributed by atoms with van der Waals surface area (Å²) in [5, 5.41) is 13.5. The monoisotopic (exact) mass is 297 g/mol. The molecule has 1 heterocycles. The van der Waals surface area contributed by atoms with E-state index in [1.54, 1.807) is 0 Å². The lowest BCUT2D eigenvalue weighted by atomic mass is 10.0. The lowest BCUT2D eigenvalue weighted by molar-refractivity contribution is -0.383. The predicted octanol–water partition coefficient (Wildman–Crippen LogP) is 3.47. The first-order valence-corrected chi connectivity index (χ1v) is 5.89. The lowest BCUT2D eigenvalue weighted by Gasteiger charge is -2.10. The van der Waals surface area contributed by atoms with Gasteiger partial charge in [0.15, 0.2) is 0 Å². The quantitative estimate of drug-likeness (QED) is 0.677. The maximum atomic E-state index is 13.2. The van der Waals surface area contributed by atoms with Crippen molar-refractivity contribution in [2.24, 2.45) is 0 Å². The van der Waals surface area contributed by atoms with Crippen LogP contribution in [0.2, 0.25) is 0 Å². The van der Waals surface area contributed by atoms with Crippen LogP contribution in [0.15, 0.2) is 36.7 Å². The summed E-state index contributed by atoms with van der Waals surface area (Å²) in [4.78, 5) is 14.1. The van der Waals surface area contributed by atoms with E-state index in [0.717, 1.165) is 12.3 Å². The molecule has 0 radical (unpaired) electrons. The Hall–Kier alpha value is -2.64. The summed E-state index contributed by atoms with van der Waals surface area (Å²) in [5.74, 6) is -0.646. The van der Waals surface area contributed by atoms with Gasteiger partial charge < -0.3 is 5.32 Å². The Morgan fingerprint density at radius 2 is 2.10 bits per heavy atom. The van der Waals surface area contributed by atoms with Crippen molar-refractivity contribution >= 4 is 11.4 Å². The third-order valence-corrected chi connectivity index (χ3v) is 2.68. The smallest absolute Gasteiger partial charge is 0.300 e. The van der Waals surface area contributed by atoms with Crippen LogP contribution in [-0.4, -0.2) is 22.9 Å². The number of nitrogens with zero attached hydrogens (tertiary/aromatic N) is 2. The minimum atomic E-state index is -2.65. The summed E-state index contributed by atoms with van der Waals surface area (Å²) in [6.45, 7) is -0.717. The van der Waals surface area contributed by atoms with Crippen LogP contribution in [-0.2, 0) is 0 Å². The highest BCUT2D eigenvalue weighted by atomic mass is 19.3. The van der Waals surface area contributed by atoms with Crippen LogP contribution < -0.4 is 5.32 Å². The van der Waals surface area contributed by atoms with E-state index in [1.165, 1.54) is 24.4 Å². The number of halogens is 3. The first-order chi connectivity index (χ1) is 9.99. The van der Waals surface area contributed by atoms with E-state index in [0.29, 0.717) is 0 Å². The van der Waals surface area contributed by atoms with Gasteiger partial charge in [0, 0.05) is 11.8 Å². The second kappa shape index (κ2) is 6.21. The highest BCUT2D eigenvalue weighted by molar-refractivity contribution is 5.81. The van der Waals surface area contributed by atoms with Crippen molar-refractivity contribution in [3.63, 3.8) is 0 Å². The molecule has 0 aliphatic heterocycles. The topological polar surface area (TPSA) is 68.1 Å². The fraction of sp³-hybridized carbons (Fsp3) is 0.154. The Labute approximate surface area is 117 Å². The van der Waals surface area contributed by atoms with E-state index in [1.807, 2.05) is 0 Å². The number of nitrogens with one attached hydrogen (secondary N) is 1. The second-order valence-electron chi connectivity index (χ2n) is 4.12. The van der Waals surface area contributed by atoms with E-state index in [9.17, 15) is 23.3 Å². The van der Waals surface area contributed by atoms with Gasteiger partial charge in [-0.2, -0.15) is 0 Å². The molecule has 0 bridgehead atoms.